The van der Waals surface area contributed by atoms with Gasteiger partial charge in [0.25, 0.3) is 5.91 Å². The van der Waals surface area contributed by atoms with Gasteiger partial charge in [-0.1, -0.05) is 23.2 Å². The largest absolute Gasteiger partial charge is 0.377 e. The van der Waals surface area contributed by atoms with Crippen LogP contribution in [0.15, 0.2) is 17.0 Å². The first-order chi connectivity index (χ1) is 11.4. The smallest absolute Gasteiger partial charge is 0.253 e. The van der Waals surface area contributed by atoms with E-state index in [0.29, 0.717) is 6.61 Å². The number of halogens is 2. The molecule has 3 rings (SSSR count). The second-order valence-electron chi connectivity index (χ2n) is 6.00. The van der Waals surface area contributed by atoms with E-state index in [1.165, 1.54) is 12.1 Å². The molecule has 0 aromatic heterocycles. The molecule has 1 aliphatic carbocycles. The Morgan fingerprint density at radius 2 is 1.96 bits per heavy atom. The summed E-state index contributed by atoms with van der Waals surface area (Å²) in [5.74, 6) is -0.394. The Bertz CT molecular complexity index is 744. The van der Waals surface area contributed by atoms with Crippen LogP contribution in [0.4, 0.5) is 0 Å². The van der Waals surface area contributed by atoms with Crippen LogP contribution in [0.5, 0.6) is 0 Å². The first-order valence-corrected chi connectivity index (χ1v) is 10.0. The van der Waals surface area contributed by atoms with Crippen LogP contribution in [0.2, 0.25) is 10.0 Å². The Hall–Kier alpha value is -0.860. The molecule has 1 aromatic carbocycles. The molecule has 1 amide bonds. The fourth-order valence-electron chi connectivity index (χ4n) is 2.49. The van der Waals surface area contributed by atoms with Crippen molar-refractivity contribution < 1.29 is 17.9 Å². The lowest BCUT2D eigenvalue weighted by Gasteiger charge is -2.14. The highest BCUT2D eigenvalue weighted by molar-refractivity contribution is 7.89. The molecule has 1 saturated heterocycles. The number of benzene rings is 1. The van der Waals surface area contributed by atoms with Crippen molar-refractivity contribution in [3.05, 3.63) is 27.7 Å². The van der Waals surface area contributed by atoms with Crippen molar-refractivity contribution in [1.82, 2.24) is 10.0 Å². The second-order valence-corrected chi connectivity index (χ2v) is 8.55. The molecule has 1 atom stereocenters. The average Bonchev–Trinajstić information content (AvgIpc) is 3.16. The van der Waals surface area contributed by atoms with Crippen LogP contribution in [0.25, 0.3) is 0 Å². The first-order valence-electron chi connectivity index (χ1n) is 7.78. The van der Waals surface area contributed by atoms with E-state index in [1.807, 2.05) is 0 Å². The van der Waals surface area contributed by atoms with Crippen molar-refractivity contribution in [2.24, 2.45) is 0 Å². The molecule has 2 fully saturated rings. The van der Waals surface area contributed by atoms with Gasteiger partial charge in [-0.3, -0.25) is 4.79 Å². The number of hydrogen-bond acceptors (Lipinski definition) is 4. The molecule has 0 radical (unpaired) electrons. The summed E-state index contributed by atoms with van der Waals surface area (Å²) in [4.78, 5) is 12.0. The van der Waals surface area contributed by atoms with E-state index in [0.717, 1.165) is 25.7 Å². The molecule has 132 valence electrons. The SMILES string of the molecule is O=C(NC1CC1)c1cc(S(=O)(=O)NC[C@@H]2CCCO2)c(Cl)cc1Cl. The zero-order valence-electron chi connectivity index (χ0n) is 12.8. The number of nitrogens with one attached hydrogen (secondary N) is 2. The first kappa shape index (κ1) is 17.9. The Balaban J connectivity index is 1.80. The standard InChI is InChI=1S/C15H18Cl2N2O4S/c16-12-7-13(17)14(6-11(12)15(20)19-9-3-4-9)24(21,22)18-8-10-2-1-5-23-10/h6-7,9-10,18H,1-5,8H2,(H,19,20)/t10-/m0/s1. The van der Waals surface area contributed by atoms with Gasteiger partial charge in [0.05, 0.1) is 21.7 Å². The number of rotatable bonds is 6. The molecule has 1 aromatic rings. The number of ether oxygens (including phenoxy) is 1. The van der Waals surface area contributed by atoms with Gasteiger partial charge >= 0.3 is 0 Å². The van der Waals surface area contributed by atoms with Gasteiger partial charge in [-0.25, -0.2) is 13.1 Å². The van der Waals surface area contributed by atoms with Gasteiger partial charge in [0.2, 0.25) is 10.0 Å². The van der Waals surface area contributed by atoms with Crippen LogP contribution < -0.4 is 10.0 Å². The van der Waals surface area contributed by atoms with E-state index in [2.05, 4.69) is 10.0 Å². The molecule has 9 heteroatoms. The molecule has 24 heavy (non-hydrogen) atoms. The molecule has 0 spiro atoms. The predicted molar refractivity (Wildman–Crippen MR) is 91.1 cm³/mol. The van der Waals surface area contributed by atoms with E-state index in [9.17, 15) is 13.2 Å². The summed E-state index contributed by atoms with van der Waals surface area (Å²) in [7, 11) is -3.86. The van der Waals surface area contributed by atoms with E-state index in [4.69, 9.17) is 27.9 Å². The van der Waals surface area contributed by atoms with Gasteiger partial charge in [0.1, 0.15) is 4.90 Å². The molecule has 1 saturated carbocycles. The average molecular weight is 393 g/mol. The van der Waals surface area contributed by atoms with Crippen LogP contribution in [0, 0.1) is 0 Å². The van der Waals surface area contributed by atoms with Crippen molar-refractivity contribution in [2.45, 2.75) is 42.7 Å². The number of carbonyl (C=O) groups excluding carboxylic acids is 1. The topological polar surface area (TPSA) is 84.5 Å². The highest BCUT2D eigenvalue weighted by atomic mass is 35.5. The lowest BCUT2D eigenvalue weighted by Crippen LogP contribution is -2.32. The molecule has 1 aliphatic heterocycles. The minimum atomic E-state index is -3.86. The second kappa shape index (κ2) is 7.17. The van der Waals surface area contributed by atoms with Gasteiger partial charge in [0.15, 0.2) is 0 Å². The fourth-order valence-corrected chi connectivity index (χ4v) is 4.41. The van der Waals surface area contributed by atoms with Gasteiger partial charge in [0, 0.05) is 19.2 Å². The Morgan fingerprint density at radius 1 is 1.21 bits per heavy atom. The molecule has 0 unspecified atom stereocenters. The highest BCUT2D eigenvalue weighted by Gasteiger charge is 2.28. The Morgan fingerprint density at radius 3 is 2.58 bits per heavy atom. The van der Waals surface area contributed by atoms with Crippen molar-refractivity contribution >= 4 is 39.1 Å². The minimum absolute atomic E-state index is 0.0252. The van der Waals surface area contributed by atoms with Crippen molar-refractivity contribution in [1.29, 1.82) is 0 Å². The van der Waals surface area contributed by atoms with Crippen molar-refractivity contribution in [3.8, 4) is 0 Å². The molecule has 6 nitrogen and oxygen atoms in total. The molecule has 0 bridgehead atoms. The molecular weight excluding hydrogens is 375 g/mol. The third-order valence-electron chi connectivity index (χ3n) is 3.99. The third-order valence-corrected chi connectivity index (χ3v) is 6.19. The summed E-state index contributed by atoms with van der Waals surface area (Å²) in [5.41, 5.74) is 0.102. The van der Waals surface area contributed by atoms with Crippen LogP contribution in [0.3, 0.4) is 0 Å². The van der Waals surface area contributed by atoms with Crippen molar-refractivity contribution in [3.63, 3.8) is 0 Å². The summed E-state index contributed by atoms with van der Waals surface area (Å²) in [5, 5.41) is 2.88. The zero-order chi connectivity index (χ0) is 17.3. The van der Waals surface area contributed by atoms with Crippen LogP contribution in [0.1, 0.15) is 36.0 Å². The van der Waals surface area contributed by atoms with E-state index in [-0.39, 0.29) is 39.2 Å². The molecular formula is C15H18Cl2N2O4S. The summed E-state index contributed by atoms with van der Waals surface area (Å²) in [6.45, 7) is 0.810. The predicted octanol–water partition coefficient (Wildman–Crippen LogP) is 2.34. The summed E-state index contributed by atoms with van der Waals surface area (Å²) >= 11 is 12.1. The summed E-state index contributed by atoms with van der Waals surface area (Å²) in [6, 6.07) is 2.65. The van der Waals surface area contributed by atoms with Crippen LogP contribution >= 0.6 is 23.2 Å². The lowest BCUT2D eigenvalue weighted by molar-refractivity contribution is 0.0951. The maximum atomic E-state index is 12.5. The number of amides is 1. The van der Waals surface area contributed by atoms with E-state index < -0.39 is 15.9 Å². The van der Waals surface area contributed by atoms with Gasteiger partial charge in [-0.05, 0) is 37.8 Å². The van der Waals surface area contributed by atoms with Crippen LogP contribution in [-0.4, -0.2) is 39.6 Å². The molecule has 2 aliphatic rings. The van der Waals surface area contributed by atoms with E-state index >= 15 is 0 Å². The number of sulfonamides is 1. The van der Waals surface area contributed by atoms with Crippen LogP contribution in [-0.2, 0) is 14.8 Å². The van der Waals surface area contributed by atoms with E-state index in [1.54, 1.807) is 0 Å². The highest BCUT2D eigenvalue weighted by Crippen LogP contribution is 2.29. The summed E-state index contributed by atoms with van der Waals surface area (Å²) in [6.07, 6.45) is 3.44. The Kier molecular flexibility index (Phi) is 5.36. The zero-order valence-corrected chi connectivity index (χ0v) is 15.2. The number of hydrogen-bond donors (Lipinski definition) is 2. The maximum absolute atomic E-state index is 12.5. The Labute approximate surface area is 150 Å². The third kappa shape index (κ3) is 4.21. The fraction of sp³-hybridized carbons (Fsp3) is 0.533. The normalized spacial score (nSPS) is 21.0. The van der Waals surface area contributed by atoms with Gasteiger partial charge in [-0.2, -0.15) is 0 Å². The lowest BCUT2D eigenvalue weighted by atomic mass is 10.2. The maximum Gasteiger partial charge on any atom is 0.253 e. The molecule has 2 N–H and O–H groups in total. The number of carbonyl (C=O) groups is 1. The van der Waals surface area contributed by atoms with Crippen molar-refractivity contribution in [2.75, 3.05) is 13.2 Å². The van der Waals surface area contributed by atoms with Gasteiger partial charge in [-0.15, -0.1) is 0 Å². The van der Waals surface area contributed by atoms with Gasteiger partial charge < -0.3 is 10.1 Å². The molecule has 1 heterocycles. The summed E-state index contributed by atoms with van der Waals surface area (Å²) < 4.78 is 32.9. The quantitative estimate of drug-likeness (QED) is 0.777. The minimum Gasteiger partial charge on any atom is -0.377 e. The monoisotopic (exact) mass is 392 g/mol.